The highest BCUT2D eigenvalue weighted by Crippen LogP contribution is 2.22. The topological polar surface area (TPSA) is 70.4 Å². The van der Waals surface area contributed by atoms with E-state index in [1.165, 1.54) is 29.5 Å². The molecule has 0 amide bonds. The number of carbonyl (C=O) groups excluding carboxylic acids is 2. The Balaban J connectivity index is 1.59. The third kappa shape index (κ3) is 4.22. The van der Waals surface area contributed by atoms with E-state index < -0.39 is 25.0 Å². The summed E-state index contributed by atoms with van der Waals surface area (Å²) in [6, 6.07) is 7.47. The van der Waals surface area contributed by atoms with Crippen LogP contribution in [0.3, 0.4) is 0 Å². The van der Waals surface area contributed by atoms with Crippen LogP contribution in [0.2, 0.25) is 0 Å². The molecular formula is C19H17FN2O4S. The van der Waals surface area contributed by atoms with Crippen LogP contribution in [0.25, 0.3) is 5.13 Å². The highest BCUT2D eigenvalue weighted by molar-refractivity contribution is 7.12. The van der Waals surface area contributed by atoms with Crippen LogP contribution in [0.15, 0.2) is 41.9 Å². The summed E-state index contributed by atoms with van der Waals surface area (Å²) in [7, 11) is 0. The van der Waals surface area contributed by atoms with Crippen LogP contribution in [0.4, 0.5) is 4.39 Å². The average Bonchev–Trinajstić information content (AvgIpc) is 3.26. The third-order valence-corrected chi connectivity index (χ3v) is 4.65. The summed E-state index contributed by atoms with van der Waals surface area (Å²) in [6.45, 7) is 2.79. The molecule has 2 heterocycles. The molecule has 0 spiro atoms. The van der Waals surface area contributed by atoms with Crippen molar-refractivity contribution in [3.63, 3.8) is 0 Å². The molecule has 0 unspecified atom stereocenters. The van der Waals surface area contributed by atoms with Crippen LogP contribution < -0.4 is 4.74 Å². The molecule has 0 aliphatic rings. The van der Waals surface area contributed by atoms with Crippen molar-refractivity contribution in [2.24, 2.45) is 0 Å². The van der Waals surface area contributed by atoms with Gasteiger partial charge < -0.3 is 9.47 Å². The number of esters is 1. The molecule has 0 atom stereocenters. The SMILES string of the molecule is Cc1cc(C(=O)COC(=O)COc2ccccc2F)c(C)n1-c1nccs1. The lowest BCUT2D eigenvalue weighted by Gasteiger charge is -2.08. The van der Waals surface area contributed by atoms with E-state index in [9.17, 15) is 14.0 Å². The lowest BCUT2D eigenvalue weighted by atomic mass is 10.1. The number of aryl methyl sites for hydroxylation is 1. The van der Waals surface area contributed by atoms with E-state index in [0.29, 0.717) is 5.56 Å². The lowest BCUT2D eigenvalue weighted by molar-refractivity contribution is -0.144. The second kappa shape index (κ2) is 8.13. The first-order valence-corrected chi connectivity index (χ1v) is 9.00. The first-order chi connectivity index (χ1) is 13.0. The molecule has 1 aromatic carbocycles. The molecule has 6 nitrogen and oxygen atoms in total. The second-order valence-corrected chi connectivity index (χ2v) is 6.61. The van der Waals surface area contributed by atoms with Gasteiger partial charge in [0.2, 0.25) is 5.78 Å². The number of aromatic nitrogens is 2. The van der Waals surface area contributed by atoms with Crippen molar-refractivity contribution in [3.05, 3.63) is 64.7 Å². The lowest BCUT2D eigenvalue weighted by Crippen LogP contribution is -2.20. The maximum Gasteiger partial charge on any atom is 0.344 e. The van der Waals surface area contributed by atoms with E-state index in [4.69, 9.17) is 9.47 Å². The first-order valence-electron chi connectivity index (χ1n) is 8.12. The van der Waals surface area contributed by atoms with Crippen molar-refractivity contribution in [1.29, 1.82) is 0 Å². The van der Waals surface area contributed by atoms with Crippen molar-refractivity contribution in [3.8, 4) is 10.9 Å². The van der Waals surface area contributed by atoms with Crippen molar-refractivity contribution in [1.82, 2.24) is 9.55 Å². The van der Waals surface area contributed by atoms with Gasteiger partial charge in [0.25, 0.3) is 0 Å². The van der Waals surface area contributed by atoms with Crippen LogP contribution in [0, 0.1) is 19.7 Å². The number of nitrogens with zero attached hydrogens (tertiary/aromatic N) is 2. The van der Waals surface area contributed by atoms with Gasteiger partial charge in [0.05, 0.1) is 0 Å². The Morgan fingerprint density at radius 2 is 2.00 bits per heavy atom. The Morgan fingerprint density at radius 3 is 2.70 bits per heavy atom. The van der Waals surface area contributed by atoms with E-state index >= 15 is 0 Å². The summed E-state index contributed by atoms with van der Waals surface area (Å²) in [4.78, 5) is 28.4. The molecule has 27 heavy (non-hydrogen) atoms. The number of ketones is 1. The number of para-hydroxylation sites is 1. The number of carbonyl (C=O) groups is 2. The number of ether oxygens (including phenoxy) is 2. The van der Waals surface area contributed by atoms with Gasteiger partial charge in [-0.15, -0.1) is 11.3 Å². The largest absolute Gasteiger partial charge is 0.479 e. The summed E-state index contributed by atoms with van der Waals surface area (Å²) >= 11 is 1.46. The minimum atomic E-state index is -0.750. The van der Waals surface area contributed by atoms with Crippen molar-refractivity contribution in [2.75, 3.05) is 13.2 Å². The van der Waals surface area contributed by atoms with Gasteiger partial charge in [-0.1, -0.05) is 12.1 Å². The van der Waals surface area contributed by atoms with Crippen LogP contribution in [0.1, 0.15) is 21.7 Å². The number of hydrogen-bond donors (Lipinski definition) is 0. The van der Waals surface area contributed by atoms with Gasteiger partial charge in [0.15, 0.2) is 29.9 Å². The van der Waals surface area contributed by atoms with Gasteiger partial charge in [0.1, 0.15) is 0 Å². The van der Waals surface area contributed by atoms with E-state index in [1.54, 1.807) is 18.3 Å². The highest BCUT2D eigenvalue weighted by atomic mass is 32.1. The summed E-state index contributed by atoms with van der Waals surface area (Å²) < 4.78 is 25.3. The number of rotatable bonds is 7. The Hall–Kier alpha value is -3.00. The van der Waals surface area contributed by atoms with Crippen molar-refractivity contribution in [2.45, 2.75) is 13.8 Å². The van der Waals surface area contributed by atoms with Crippen LogP contribution >= 0.6 is 11.3 Å². The molecule has 0 aliphatic heterocycles. The monoisotopic (exact) mass is 388 g/mol. The molecule has 2 aromatic heterocycles. The zero-order valence-corrected chi connectivity index (χ0v) is 15.6. The number of Topliss-reactive ketones (excluding diaryl/α,β-unsaturated/α-hetero) is 1. The zero-order chi connectivity index (χ0) is 19.4. The molecule has 0 radical (unpaired) electrons. The van der Waals surface area contributed by atoms with Gasteiger partial charge >= 0.3 is 5.97 Å². The van der Waals surface area contributed by atoms with Gasteiger partial charge in [0, 0.05) is 28.5 Å². The third-order valence-electron chi connectivity index (χ3n) is 3.89. The van der Waals surface area contributed by atoms with Gasteiger partial charge in [-0.25, -0.2) is 14.2 Å². The Labute approximate surface area is 159 Å². The standard InChI is InChI=1S/C19H17FN2O4S/c1-12-9-14(13(2)22(12)19-21-7-8-27-19)16(23)10-26-18(24)11-25-17-6-4-3-5-15(17)20/h3-9H,10-11H2,1-2H3. The zero-order valence-electron chi connectivity index (χ0n) is 14.8. The molecule has 0 fully saturated rings. The summed E-state index contributed by atoms with van der Waals surface area (Å²) in [5.41, 5.74) is 2.05. The number of thiazole rings is 1. The first kappa shape index (κ1) is 18.8. The fourth-order valence-electron chi connectivity index (χ4n) is 2.63. The van der Waals surface area contributed by atoms with Crippen LogP contribution in [0.5, 0.6) is 5.75 Å². The molecule has 8 heteroatoms. The van der Waals surface area contributed by atoms with E-state index in [-0.39, 0.29) is 11.5 Å². The van der Waals surface area contributed by atoms with Gasteiger partial charge in [-0.2, -0.15) is 0 Å². The smallest absolute Gasteiger partial charge is 0.344 e. The van der Waals surface area contributed by atoms with Crippen LogP contribution in [-0.2, 0) is 9.53 Å². The predicted octanol–water partition coefficient (Wildman–Crippen LogP) is 3.49. The number of benzene rings is 1. The minimum Gasteiger partial charge on any atom is -0.479 e. The normalized spacial score (nSPS) is 10.6. The molecule has 140 valence electrons. The van der Waals surface area contributed by atoms with E-state index in [1.807, 2.05) is 23.8 Å². The Kier molecular flexibility index (Phi) is 5.66. The molecule has 0 saturated heterocycles. The van der Waals surface area contributed by atoms with Gasteiger partial charge in [-0.3, -0.25) is 9.36 Å². The molecule has 0 bridgehead atoms. The molecule has 0 aliphatic carbocycles. The predicted molar refractivity (Wildman–Crippen MR) is 98.1 cm³/mol. The molecule has 3 aromatic rings. The number of hydrogen-bond acceptors (Lipinski definition) is 6. The fourth-order valence-corrected chi connectivity index (χ4v) is 3.38. The maximum atomic E-state index is 13.4. The molecule has 3 rings (SSSR count). The summed E-state index contributed by atoms with van der Waals surface area (Å²) in [5.74, 6) is -1.70. The summed E-state index contributed by atoms with van der Waals surface area (Å²) in [5, 5.41) is 2.62. The van der Waals surface area contributed by atoms with E-state index in [2.05, 4.69) is 4.98 Å². The minimum absolute atomic E-state index is 0.0484. The van der Waals surface area contributed by atoms with Gasteiger partial charge in [-0.05, 0) is 32.0 Å². The van der Waals surface area contributed by atoms with Crippen LogP contribution in [-0.4, -0.2) is 34.5 Å². The van der Waals surface area contributed by atoms with E-state index in [0.717, 1.165) is 16.5 Å². The Morgan fingerprint density at radius 1 is 1.22 bits per heavy atom. The fraction of sp³-hybridized carbons (Fsp3) is 0.211. The van der Waals surface area contributed by atoms with Crippen molar-refractivity contribution < 1.29 is 23.5 Å². The quantitative estimate of drug-likeness (QED) is 0.458. The Bertz CT molecular complexity index is 966. The molecule has 0 N–H and O–H groups in total. The molecular weight excluding hydrogens is 371 g/mol. The molecule has 0 saturated carbocycles. The van der Waals surface area contributed by atoms with Crippen molar-refractivity contribution >= 4 is 23.1 Å². The second-order valence-electron chi connectivity index (χ2n) is 5.74. The number of halogens is 1. The summed E-state index contributed by atoms with van der Waals surface area (Å²) in [6.07, 6.45) is 1.69. The highest BCUT2D eigenvalue weighted by Gasteiger charge is 2.19. The maximum absolute atomic E-state index is 13.4. The average molecular weight is 388 g/mol.